The summed E-state index contributed by atoms with van der Waals surface area (Å²) in [6.45, 7) is 2.08. The lowest BCUT2D eigenvalue weighted by atomic mass is 10.1. The number of aromatic nitrogens is 1. The van der Waals surface area contributed by atoms with E-state index in [0.717, 1.165) is 17.7 Å². The van der Waals surface area contributed by atoms with Gasteiger partial charge in [0, 0.05) is 29.2 Å². The molecule has 1 aromatic carbocycles. The number of thiazole rings is 1. The summed E-state index contributed by atoms with van der Waals surface area (Å²) in [5.74, 6) is -0.102. The highest BCUT2D eigenvalue weighted by Crippen LogP contribution is 2.19. The number of carbonyl (C=O) groups excluding carboxylic acids is 1. The quantitative estimate of drug-likeness (QED) is 0.860. The third-order valence-corrected chi connectivity index (χ3v) is 3.77. The summed E-state index contributed by atoms with van der Waals surface area (Å²) < 4.78 is 0. The van der Waals surface area contributed by atoms with Crippen LogP contribution >= 0.6 is 11.3 Å². The fourth-order valence-corrected chi connectivity index (χ4v) is 2.51. The number of aliphatic hydroxyl groups excluding tert-OH is 1. The normalized spacial score (nSPS) is 12.1. The van der Waals surface area contributed by atoms with E-state index in [4.69, 9.17) is 5.11 Å². The van der Waals surface area contributed by atoms with Gasteiger partial charge in [-0.05, 0) is 25.0 Å². The molecule has 0 aliphatic heterocycles. The van der Waals surface area contributed by atoms with E-state index in [2.05, 4.69) is 10.3 Å². The molecule has 0 radical (unpaired) electrons. The Hall–Kier alpha value is -1.72. The molecule has 4 nitrogen and oxygen atoms in total. The minimum atomic E-state index is -0.102. The molecule has 0 bridgehead atoms. The third-order valence-electron chi connectivity index (χ3n) is 3.18. The van der Waals surface area contributed by atoms with Crippen molar-refractivity contribution in [2.24, 2.45) is 0 Å². The molecule has 0 fully saturated rings. The van der Waals surface area contributed by atoms with E-state index in [1.165, 1.54) is 0 Å². The van der Waals surface area contributed by atoms with Crippen LogP contribution in [-0.2, 0) is 0 Å². The monoisotopic (exact) mass is 290 g/mol. The topological polar surface area (TPSA) is 62.2 Å². The van der Waals surface area contributed by atoms with Gasteiger partial charge in [0.15, 0.2) is 0 Å². The lowest BCUT2D eigenvalue weighted by Gasteiger charge is -2.15. The van der Waals surface area contributed by atoms with Gasteiger partial charge < -0.3 is 10.4 Å². The maximum Gasteiger partial charge on any atom is 0.251 e. The predicted molar refractivity (Wildman–Crippen MR) is 80.8 cm³/mol. The Balaban J connectivity index is 2.04. The average Bonchev–Trinajstić information content (AvgIpc) is 3.01. The lowest BCUT2D eigenvalue weighted by molar-refractivity contribution is 0.0929. The molecule has 20 heavy (non-hydrogen) atoms. The molecule has 5 heteroatoms. The Labute approximate surface area is 122 Å². The van der Waals surface area contributed by atoms with Crippen LogP contribution in [0.25, 0.3) is 11.3 Å². The maximum atomic E-state index is 12.1. The van der Waals surface area contributed by atoms with E-state index >= 15 is 0 Å². The number of benzene rings is 1. The van der Waals surface area contributed by atoms with Gasteiger partial charge in [-0.3, -0.25) is 4.79 Å². The van der Waals surface area contributed by atoms with Crippen molar-refractivity contribution in [2.75, 3.05) is 6.61 Å². The molecule has 1 heterocycles. The number of amides is 1. The summed E-state index contributed by atoms with van der Waals surface area (Å²) >= 11 is 1.55. The van der Waals surface area contributed by atoms with Crippen LogP contribution in [0, 0.1) is 0 Å². The number of rotatable bonds is 6. The van der Waals surface area contributed by atoms with Gasteiger partial charge in [-0.15, -0.1) is 11.3 Å². The number of nitrogens with zero attached hydrogens (tertiary/aromatic N) is 1. The predicted octanol–water partition coefficient (Wildman–Crippen LogP) is 2.70. The first-order chi connectivity index (χ1) is 9.74. The average molecular weight is 290 g/mol. The van der Waals surface area contributed by atoms with Crippen LogP contribution in [0.5, 0.6) is 0 Å². The van der Waals surface area contributed by atoms with E-state index in [1.54, 1.807) is 29.0 Å². The highest BCUT2D eigenvalue weighted by atomic mass is 32.1. The fourth-order valence-electron chi connectivity index (χ4n) is 1.95. The molecule has 1 unspecified atom stereocenters. The highest BCUT2D eigenvalue weighted by molar-refractivity contribution is 7.07. The Kier molecular flexibility index (Phi) is 5.26. The van der Waals surface area contributed by atoms with Crippen molar-refractivity contribution in [1.29, 1.82) is 0 Å². The van der Waals surface area contributed by atoms with Crippen molar-refractivity contribution >= 4 is 17.2 Å². The standard InChI is InChI=1S/C15H18N2O2S/c1-2-13(7-8-18)17-15(19)12-5-3-11(4-6-12)14-9-20-10-16-14/h3-6,9-10,13,18H,2,7-8H2,1H3,(H,17,19). The Morgan fingerprint density at radius 2 is 2.15 bits per heavy atom. The molecule has 2 rings (SSSR count). The molecule has 1 amide bonds. The first-order valence-electron chi connectivity index (χ1n) is 6.65. The highest BCUT2D eigenvalue weighted by Gasteiger charge is 2.11. The zero-order valence-corrected chi connectivity index (χ0v) is 12.2. The van der Waals surface area contributed by atoms with Gasteiger partial charge in [0.1, 0.15) is 0 Å². The summed E-state index contributed by atoms with van der Waals surface area (Å²) in [6.07, 6.45) is 1.39. The summed E-state index contributed by atoms with van der Waals surface area (Å²) in [5, 5.41) is 13.8. The first kappa shape index (κ1) is 14.7. The molecular formula is C15H18N2O2S. The molecule has 0 saturated carbocycles. The molecule has 106 valence electrons. The Morgan fingerprint density at radius 1 is 1.40 bits per heavy atom. The van der Waals surface area contributed by atoms with Crippen molar-refractivity contribution in [3.05, 3.63) is 40.7 Å². The smallest absolute Gasteiger partial charge is 0.251 e. The zero-order chi connectivity index (χ0) is 14.4. The number of aliphatic hydroxyl groups is 1. The van der Waals surface area contributed by atoms with Crippen LogP contribution in [0.2, 0.25) is 0 Å². The van der Waals surface area contributed by atoms with Gasteiger partial charge in [0.05, 0.1) is 11.2 Å². The summed E-state index contributed by atoms with van der Waals surface area (Å²) in [7, 11) is 0. The minimum absolute atomic E-state index is 0.0192. The van der Waals surface area contributed by atoms with Crippen LogP contribution in [0.15, 0.2) is 35.2 Å². The lowest BCUT2D eigenvalue weighted by Crippen LogP contribution is -2.35. The molecule has 2 aromatic rings. The molecule has 0 aliphatic rings. The van der Waals surface area contributed by atoms with E-state index in [9.17, 15) is 4.79 Å². The van der Waals surface area contributed by atoms with E-state index < -0.39 is 0 Å². The van der Waals surface area contributed by atoms with Crippen molar-refractivity contribution in [2.45, 2.75) is 25.8 Å². The third kappa shape index (κ3) is 3.65. The van der Waals surface area contributed by atoms with Crippen LogP contribution in [0.4, 0.5) is 0 Å². The van der Waals surface area contributed by atoms with Crippen molar-refractivity contribution in [3.63, 3.8) is 0 Å². The van der Waals surface area contributed by atoms with Gasteiger partial charge in [0.2, 0.25) is 0 Å². The van der Waals surface area contributed by atoms with Crippen molar-refractivity contribution < 1.29 is 9.90 Å². The van der Waals surface area contributed by atoms with Crippen molar-refractivity contribution in [3.8, 4) is 11.3 Å². The van der Waals surface area contributed by atoms with Crippen LogP contribution < -0.4 is 5.32 Å². The van der Waals surface area contributed by atoms with Crippen LogP contribution in [0.3, 0.4) is 0 Å². The SMILES string of the molecule is CCC(CCO)NC(=O)c1ccc(-c2cscn2)cc1. The van der Waals surface area contributed by atoms with E-state index in [-0.39, 0.29) is 18.6 Å². The van der Waals surface area contributed by atoms with Gasteiger partial charge in [-0.25, -0.2) is 4.98 Å². The second-order valence-corrected chi connectivity index (χ2v) is 5.26. The summed E-state index contributed by atoms with van der Waals surface area (Å²) in [6, 6.07) is 7.42. The van der Waals surface area contributed by atoms with Gasteiger partial charge in [-0.2, -0.15) is 0 Å². The number of carbonyl (C=O) groups is 1. The van der Waals surface area contributed by atoms with Gasteiger partial charge in [0.25, 0.3) is 5.91 Å². The van der Waals surface area contributed by atoms with E-state index in [0.29, 0.717) is 12.0 Å². The maximum absolute atomic E-state index is 12.1. The van der Waals surface area contributed by atoms with Crippen LogP contribution in [0.1, 0.15) is 30.1 Å². The Bertz CT molecular complexity index is 538. The number of hydrogen-bond donors (Lipinski definition) is 2. The van der Waals surface area contributed by atoms with Gasteiger partial charge >= 0.3 is 0 Å². The Morgan fingerprint density at radius 3 is 2.70 bits per heavy atom. The molecule has 1 aromatic heterocycles. The minimum Gasteiger partial charge on any atom is -0.396 e. The fraction of sp³-hybridized carbons (Fsp3) is 0.333. The largest absolute Gasteiger partial charge is 0.396 e. The van der Waals surface area contributed by atoms with Crippen molar-refractivity contribution in [1.82, 2.24) is 10.3 Å². The molecule has 1 atom stereocenters. The molecule has 2 N–H and O–H groups in total. The number of hydrogen-bond acceptors (Lipinski definition) is 4. The molecular weight excluding hydrogens is 272 g/mol. The molecule has 0 saturated heterocycles. The molecule has 0 spiro atoms. The molecule has 0 aliphatic carbocycles. The first-order valence-corrected chi connectivity index (χ1v) is 7.59. The zero-order valence-electron chi connectivity index (χ0n) is 11.4. The summed E-state index contributed by atoms with van der Waals surface area (Å²) in [5.41, 5.74) is 4.34. The van der Waals surface area contributed by atoms with Crippen LogP contribution in [-0.4, -0.2) is 28.6 Å². The second kappa shape index (κ2) is 7.17. The van der Waals surface area contributed by atoms with E-state index in [1.807, 2.05) is 24.4 Å². The summed E-state index contributed by atoms with van der Waals surface area (Å²) in [4.78, 5) is 16.3. The van der Waals surface area contributed by atoms with Gasteiger partial charge in [-0.1, -0.05) is 19.1 Å². The second-order valence-electron chi connectivity index (χ2n) is 4.54. The number of nitrogens with one attached hydrogen (secondary N) is 1.